The third-order valence-corrected chi connectivity index (χ3v) is 5.18. The zero-order valence-electron chi connectivity index (χ0n) is 9.91. The number of hydrogen-bond donors (Lipinski definition) is 1. The Labute approximate surface area is 93.0 Å². The third-order valence-electron chi connectivity index (χ3n) is 3.04. The number of sulfone groups is 1. The third kappa shape index (κ3) is 3.74. The van der Waals surface area contributed by atoms with Crippen molar-refractivity contribution in [2.24, 2.45) is 0 Å². The molecule has 0 aromatic carbocycles. The average molecular weight is 234 g/mol. The monoisotopic (exact) mass is 234 g/mol. The van der Waals surface area contributed by atoms with Crippen LogP contribution in [-0.2, 0) is 9.84 Å². The van der Waals surface area contributed by atoms with Gasteiger partial charge in [-0.15, -0.1) is 0 Å². The Morgan fingerprint density at radius 2 is 1.93 bits per heavy atom. The van der Waals surface area contributed by atoms with Crippen LogP contribution in [-0.4, -0.2) is 57.0 Å². The second kappa shape index (κ2) is 4.80. The molecule has 0 spiro atoms. The van der Waals surface area contributed by atoms with Gasteiger partial charge in [-0.1, -0.05) is 0 Å². The fraction of sp³-hybridized carbons (Fsp3) is 1.00. The number of nitrogens with one attached hydrogen (secondary N) is 1. The van der Waals surface area contributed by atoms with Gasteiger partial charge in [-0.25, -0.2) is 8.42 Å². The average Bonchev–Trinajstić information content (AvgIpc) is 2.30. The van der Waals surface area contributed by atoms with Crippen molar-refractivity contribution in [2.45, 2.75) is 25.0 Å². The molecule has 1 rings (SSSR count). The predicted molar refractivity (Wildman–Crippen MR) is 62.8 cm³/mol. The van der Waals surface area contributed by atoms with Gasteiger partial charge < -0.3 is 10.2 Å². The number of hydrogen-bond acceptors (Lipinski definition) is 4. The SMILES string of the molecule is CC(C)(CN1CCCNCC1)S(C)(=O)=O. The van der Waals surface area contributed by atoms with Crippen LogP contribution in [0.4, 0.5) is 0 Å². The van der Waals surface area contributed by atoms with Crippen molar-refractivity contribution in [3.8, 4) is 0 Å². The second-order valence-corrected chi connectivity index (χ2v) is 7.56. The van der Waals surface area contributed by atoms with E-state index in [-0.39, 0.29) is 0 Å². The van der Waals surface area contributed by atoms with Crippen LogP contribution in [0.15, 0.2) is 0 Å². The van der Waals surface area contributed by atoms with Gasteiger partial charge in [0, 0.05) is 25.9 Å². The summed E-state index contributed by atoms with van der Waals surface area (Å²) in [6, 6.07) is 0. The van der Waals surface area contributed by atoms with Crippen LogP contribution >= 0.6 is 0 Å². The standard InChI is InChI=1S/C10H22N2O2S/c1-10(2,15(3,13)14)9-12-7-4-5-11-6-8-12/h11H,4-9H2,1-3H3. The maximum absolute atomic E-state index is 11.6. The Balaban J connectivity index is 2.59. The van der Waals surface area contributed by atoms with Crippen LogP contribution in [0, 0.1) is 0 Å². The molecule has 0 radical (unpaired) electrons. The maximum atomic E-state index is 11.6. The molecule has 1 heterocycles. The summed E-state index contributed by atoms with van der Waals surface area (Å²) in [5.41, 5.74) is 0. The predicted octanol–water partition coefficient (Wildman–Crippen LogP) is 0.105. The first-order valence-electron chi connectivity index (χ1n) is 5.46. The lowest BCUT2D eigenvalue weighted by molar-refractivity contribution is 0.267. The highest BCUT2D eigenvalue weighted by Crippen LogP contribution is 2.17. The van der Waals surface area contributed by atoms with Gasteiger partial charge in [-0.2, -0.15) is 0 Å². The van der Waals surface area contributed by atoms with E-state index in [4.69, 9.17) is 0 Å². The molecular weight excluding hydrogens is 212 g/mol. The summed E-state index contributed by atoms with van der Waals surface area (Å²) in [4.78, 5) is 2.24. The first kappa shape index (κ1) is 12.9. The van der Waals surface area contributed by atoms with E-state index in [9.17, 15) is 8.42 Å². The molecule has 0 amide bonds. The lowest BCUT2D eigenvalue weighted by Gasteiger charge is -2.30. The molecule has 0 atom stereocenters. The van der Waals surface area contributed by atoms with E-state index in [1.807, 2.05) is 0 Å². The summed E-state index contributed by atoms with van der Waals surface area (Å²) in [6.07, 6.45) is 2.42. The van der Waals surface area contributed by atoms with Gasteiger partial charge in [0.1, 0.15) is 0 Å². The summed E-state index contributed by atoms with van der Waals surface area (Å²) in [6.45, 7) is 8.18. The lowest BCUT2D eigenvalue weighted by atomic mass is 10.2. The van der Waals surface area contributed by atoms with Crippen molar-refractivity contribution in [1.29, 1.82) is 0 Å². The molecule has 0 bridgehead atoms. The highest BCUT2D eigenvalue weighted by atomic mass is 32.2. The van der Waals surface area contributed by atoms with Gasteiger partial charge in [-0.05, 0) is 33.4 Å². The molecule has 1 N–H and O–H groups in total. The fourth-order valence-electron chi connectivity index (χ4n) is 1.72. The van der Waals surface area contributed by atoms with Gasteiger partial charge in [-0.3, -0.25) is 0 Å². The van der Waals surface area contributed by atoms with E-state index in [2.05, 4.69) is 10.2 Å². The minimum Gasteiger partial charge on any atom is -0.315 e. The molecular formula is C10H22N2O2S. The highest BCUT2D eigenvalue weighted by molar-refractivity contribution is 7.92. The molecule has 1 aliphatic heterocycles. The molecule has 0 saturated carbocycles. The summed E-state index contributed by atoms with van der Waals surface area (Å²) < 4.78 is 22.5. The Hall–Kier alpha value is -0.130. The molecule has 15 heavy (non-hydrogen) atoms. The molecule has 0 aromatic heterocycles. The Morgan fingerprint density at radius 1 is 1.27 bits per heavy atom. The zero-order valence-corrected chi connectivity index (χ0v) is 10.7. The number of rotatable bonds is 3. The molecule has 1 saturated heterocycles. The summed E-state index contributed by atoms with van der Waals surface area (Å²) in [5, 5.41) is 3.31. The van der Waals surface area contributed by atoms with E-state index in [0.717, 1.165) is 32.6 Å². The highest BCUT2D eigenvalue weighted by Gasteiger charge is 2.32. The van der Waals surface area contributed by atoms with E-state index in [1.54, 1.807) is 13.8 Å². The van der Waals surface area contributed by atoms with Crippen LogP contribution in [0.25, 0.3) is 0 Å². The van der Waals surface area contributed by atoms with Crippen molar-refractivity contribution in [2.75, 3.05) is 39.0 Å². The van der Waals surface area contributed by atoms with Gasteiger partial charge in [0.05, 0.1) is 4.75 Å². The van der Waals surface area contributed by atoms with Crippen LogP contribution in [0.1, 0.15) is 20.3 Å². The molecule has 0 unspecified atom stereocenters. The van der Waals surface area contributed by atoms with Crippen molar-refractivity contribution in [3.63, 3.8) is 0 Å². The Morgan fingerprint density at radius 3 is 2.53 bits per heavy atom. The second-order valence-electron chi connectivity index (χ2n) is 4.91. The minimum absolute atomic E-state index is 0.632. The van der Waals surface area contributed by atoms with Gasteiger partial charge in [0.25, 0.3) is 0 Å². The summed E-state index contributed by atoms with van der Waals surface area (Å²) >= 11 is 0. The van der Waals surface area contributed by atoms with E-state index in [1.165, 1.54) is 6.26 Å². The normalized spacial score (nSPS) is 21.3. The number of nitrogens with zero attached hydrogens (tertiary/aromatic N) is 1. The largest absolute Gasteiger partial charge is 0.315 e. The molecule has 0 aromatic rings. The van der Waals surface area contributed by atoms with Crippen LogP contribution in [0.2, 0.25) is 0 Å². The van der Waals surface area contributed by atoms with E-state index in [0.29, 0.717) is 6.54 Å². The molecule has 0 aliphatic carbocycles. The van der Waals surface area contributed by atoms with E-state index >= 15 is 0 Å². The maximum Gasteiger partial charge on any atom is 0.153 e. The molecule has 1 aliphatic rings. The van der Waals surface area contributed by atoms with Crippen LogP contribution < -0.4 is 5.32 Å². The Kier molecular flexibility index (Phi) is 4.14. The minimum atomic E-state index is -2.98. The van der Waals surface area contributed by atoms with Crippen LogP contribution in [0.3, 0.4) is 0 Å². The first-order chi connectivity index (χ1) is 6.83. The smallest absolute Gasteiger partial charge is 0.153 e. The van der Waals surface area contributed by atoms with Crippen LogP contribution in [0.5, 0.6) is 0 Å². The Bertz CT molecular complexity index is 291. The first-order valence-corrected chi connectivity index (χ1v) is 7.35. The van der Waals surface area contributed by atoms with E-state index < -0.39 is 14.6 Å². The molecule has 4 nitrogen and oxygen atoms in total. The van der Waals surface area contributed by atoms with Gasteiger partial charge in [0.15, 0.2) is 9.84 Å². The summed E-state index contributed by atoms with van der Waals surface area (Å²) in [7, 11) is -2.98. The molecule has 5 heteroatoms. The summed E-state index contributed by atoms with van der Waals surface area (Å²) in [5.74, 6) is 0. The molecule has 1 fully saturated rings. The van der Waals surface area contributed by atoms with Crippen molar-refractivity contribution in [3.05, 3.63) is 0 Å². The van der Waals surface area contributed by atoms with Crippen molar-refractivity contribution < 1.29 is 8.42 Å². The topological polar surface area (TPSA) is 49.4 Å². The zero-order chi connectivity index (χ0) is 11.5. The van der Waals surface area contributed by atoms with Gasteiger partial charge in [0.2, 0.25) is 0 Å². The van der Waals surface area contributed by atoms with Crippen molar-refractivity contribution >= 4 is 9.84 Å². The lowest BCUT2D eigenvalue weighted by Crippen LogP contribution is -2.45. The van der Waals surface area contributed by atoms with Gasteiger partial charge >= 0.3 is 0 Å². The van der Waals surface area contributed by atoms with Crippen molar-refractivity contribution in [1.82, 2.24) is 10.2 Å². The quantitative estimate of drug-likeness (QED) is 0.753. The molecule has 90 valence electrons. The fourth-order valence-corrected chi connectivity index (χ4v) is 2.13.